The molecule has 0 heterocycles. The first-order valence-corrected chi connectivity index (χ1v) is 25.6. The Hall–Kier alpha value is -4.00. The number of carbonyl (C=O) groups is 6. The Morgan fingerprint density at radius 2 is 0.576 bits per heavy atom. The van der Waals surface area contributed by atoms with Crippen molar-refractivity contribution in [3.63, 3.8) is 0 Å². The lowest BCUT2D eigenvalue weighted by atomic mass is 9.92. The summed E-state index contributed by atoms with van der Waals surface area (Å²) in [5, 5.41) is 10.5. The van der Waals surface area contributed by atoms with E-state index < -0.39 is 29.9 Å². The Morgan fingerprint density at radius 3 is 0.803 bits per heavy atom. The number of aliphatic hydroxyl groups excluding tert-OH is 1. The highest BCUT2D eigenvalue weighted by atomic mass is 16.6. The molecule has 0 saturated heterocycles. The van der Waals surface area contributed by atoms with Gasteiger partial charge in [0.15, 0.2) is 0 Å². The van der Waals surface area contributed by atoms with Gasteiger partial charge in [0.2, 0.25) is 0 Å². The number of carbonyl (C=O) groups excluding carboxylic acids is 6. The topological polar surface area (TPSA) is 178 Å². The van der Waals surface area contributed by atoms with Crippen LogP contribution in [0.2, 0.25) is 0 Å². The van der Waals surface area contributed by atoms with Crippen molar-refractivity contribution in [1.29, 1.82) is 0 Å². The van der Waals surface area contributed by atoms with Gasteiger partial charge < -0.3 is 33.5 Å². The molecule has 0 atom stereocenters. The second kappa shape index (κ2) is 46.1. The Labute approximate surface area is 398 Å². The molecule has 13 heteroatoms. The molecule has 0 aliphatic heterocycles. The van der Waals surface area contributed by atoms with Crippen LogP contribution >= 0.6 is 0 Å². The van der Waals surface area contributed by atoms with E-state index in [4.69, 9.17) is 28.4 Å². The highest BCUT2D eigenvalue weighted by Gasteiger charge is 2.35. The van der Waals surface area contributed by atoms with E-state index in [2.05, 4.69) is 57.2 Å². The number of esters is 6. The number of aliphatic hydroxyl groups is 1. The average Bonchev–Trinajstić information content (AvgIpc) is 3.31. The summed E-state index contributed by atoms with van der Waals surface area (Å²) in [6.07, 6.45) is 33.7. The standard InChI is InChI=1S/C53H90O13/c1-4-7-10-13-22-31-40-61-47(55)34-25-16-19-28-37-50(58)64-44-53(43-54,45-65-51(59)38-29-20-17-26-35-48(56)62-41-32-23-14-11-8-5-2)46-66-52(60)39-30-21-18-27-36-49(57)63-42-33-24-15-12-9-6-3/h7-12,54H,4-6,13-46H2,1-3H3/b10-7-,11-8-,12-9-. The molecule has 0 saturated carbocycles. The van der Waals surface area contributed by atoms with E-state index in [1.54, 1.807) is 0 Å². The van der Waals surface area contributed by atoms with E-state index in [1.807, 2.05) is 0 Å². The van der Waals surface area contributed by atoms with Crippen LogP contribution in [0.5, 0.6) is 0 Å². The largest absolute Gasteiger partial charge is 0.466 e. The van der Waals surface area contributed by atoms with Gasteiger partial charge in [-0.1, -0.05) is 95.8 Å². The summed E-state index contributed by atoms with van der Waals surface area (Å²) in [4.78, 5) is 74.4. The third-order valence-electron chi connectivity index (χ3n) is 10.8. The van der Waals surface area contributed by atoms with Crippen LogP contribution in [0.25, 0.3) is 0 Å². The second-order valence-electron chi connectivity index (χ2n) is 17.2. The minimum absolute atomic E-state index is 0.126. The molecule has 0 aromatic rings. The number of ether oxygens (including phenoxy) is 6. The Balaban J connectivity index is 4.77. The molecule has 0 aliphatic rings. The van der Waals surface area contributed by atoms with Crippen molar-refractivity contribution in [3.05, 3.63) is 36.5 Å². The maximum atomic E-state index is 12.8. The fourth-order valence-corrected chi connectivity index (χ4v) is 6.58. The van der Waals surface area contributed by atoms with Gasteiger partial charge in [-0.05, 0) is 116 Å². The molecule has 0 amide bonds. The summed E-state index contributed by atoms with van der Waals surface area (Å²) in [7, 11) is 0. The first-order chi connectivity index (χ1) is 32.1. The third kappa shape index (κ3) is 41.4. The molecule has 0 rings (SSSR count). The lowest BCUT2D eigenvalue weighted by Crippen LogP contribution is -2.42. The zero-order valence-electron chi connectivity index (χ0n) is 41.5. The number of rotatable bonds is 46. The lowest BCUT2D eigenvalue weighted by Gasteiger charge is -2.30. The molecule has 0 unspecified atom stereocenters. The fourth-order valence-electron chi connectivity index (χ4n) is 6.58. The first kappa shape index (κ1) is 62.0. The molecular formula is C53H90O13. The molecule has 0 spiro atoms. The van der Waals surface area contributed by atoms with E-state index in [1.165, 1.54) is 0 Å². The molecule has 66 heavy (non-hydrogen) atoms. The SMILES string of the molecule is CC/C=C\CCCCOC(=O)CCCCCCC(=O)OCC(CO)(COC(=O)CCCCCCC(=O)OCCCC/C=C\CC)COC(=O)CCCCCCC(=O)OCCCC/C=C\CC. The normalized spacial score (nSPS) is 11.6. The van der Waals surface area contributed by atoms with Crippen molar-refractivity contribution in [3.8, 4) is 0 Å². The van der Waals surface area contributed by atoms with Crippen molar-refractivity contribution in [1.82, 2.24) is 0 Å². The van der Waals surface area contributed by atoms with Gasteiger partial charge in [-0.15, -0.1) is 0 Å². The summed E-state index contributed by atoms with van der Waals surface area (Å²) < 4.78 is 32.6. The summed E-state index contributed by atoms with van der Waals surface area (Å²) in [5.74, 6) is -2.11. The Kier molecular flexibility index (Phi) is 43.3. The number of unbranched alkanes of at least 4 members (excludes halogenated alkanes) is 15. The molecule has 1 N–H and O–H groups in total. The maximum absolute atomic E-state index is 12.8. The lowest BCUT2D eigenvalue weighted by molar-refractivity contribution is -0.165. The Morgan fingerprint density at radius 1 is 0.333 bits per heavy atom. The minimum Gasteiger partial charge on any atom is -0.466 e. The summed E-state index contributed by atoms with van der Waals surface area (Å²) in [5.41, 5.74) is -1.35. The van der Waals surface area contributed by atoms with Gasteiger partial charge in [0, 0.05) is 38.5 Å². The highest BCUT2D eigenvalue weighted by Crippen LogP contribution is 2.22. The molecule has 0 aromatic carbocycles. The van der Waals surface area contributed by atoms with Crippen LogP contribution in [-0.4, -0.2) is 87.2 Å². The predicted octanol–water partition coefficient (Wildman–Crippen LogP) is 11.7. The van der Waals surface area contributed by atoms with Crippen molar-refractivity contribution in [2.75, 3.05) is 46.2 Å². The molecule has 0 aliphatic carbocycles. The summed E-state index contributed by atoms with van der Waals surface area (Å²) >= 11 is 0. The van der Waals surface area contributed by atoms with Crippen LogP contribution in [-0.2, 0) is 57.2 Å². The number of hydrogen-bond donors (Lipinski definition) is 1. The van der Waals surface area contributed by atoms with E-state index in [0.717, 1.165) is 116 Å². The Bertz CT molecular complexity index is 1180. The van der Waals surface area contributed by atoms with Crippen molar-refractivity contribution >= 4 is 35.8 Å². The van der Waals surface area contributed by atoms with E-state index in [0.29, 0.717) is 77.6 Å². The quantitative estimate of drug-likeness (QED) is 0.0264. The van der Waals surface area contributed by atoms with Crippen LogP contribution < -0.4 is 0 Å². The van der Waals surface area contributed by atoms with Gasteiger partial charge in [-0.2, -0.15) is 0 Å². The number of allylic oxidation sites excluding steroid dienone is 6. The molecule has 13 nitrogen and oxygen atoms in total. The minimum atomic E-state index is -1.35. The molecule has 380 valence electrons. The van der Waals surface area contributed by atoms with Crippen LogP contribution in [0.1, 0.15) is 213 Å². The second-order valence-corrected chi connectivity index (χ2v) is 17.2. The maximum Gasteiger partial charge on any atom is 0.305 e. The zero-order chi connectivity index (χ0) is 48.6. The van der Waals surface area contributed by atoms with E-state index in [9.17, 15) is 33.9 Å². The van der Waals surface area contributed by atoms with Gasteiger partial charge in [0.1, 0.15) is 19.8 Å². The molecular weight excluding hydrogens is 845 g/mol. The van der Waals surface area contributed by atoms with Crippen LogP contribution in [0.3, 0.4) is 0 Å². The fraction of sp³-hybridized carbons (Fsp3) is 0.774. The molecule has 0 fully saturated rings. The van der Waals surface area contributed by atoms with Gasteiger partial charge in [0.05, 0.1) is 31.8 Å². The third-order valence-corrected chi connectivity index (χ3v) is 10.8. The van der Waals surface area contributed by atoms with Crippen LogP contribution in [0, 0.1) is 5.41 Å². The van der Waals surface area contributed by atoms with Crippen molar-refractivity contribution < 1.29 is 62.3 Å². The molecule has 0 radical (unpaired) electrons. The monoisotopic (exact) mass is 935 g/mol. The van der Waals surface area contributed by atoms with Crippen molar-refractivity contribution in [2.24, 2.45) is 5.41 Å². The predicted molar refractivity (Wildman–Crippen MR) is 258 cm³/mol. The zero-order valence-corrected chi connectivity index (χ0v) is 41.5. The van der Waals surface area contributed by atoms with E-state index in [-0.39, 0.29) is 57.0 Å². The van der Waals surface area contributed by atoms with Crippen LogP contribution in [0.4, 0.5) is 0 Å². The smallest absolute Gasteiger partial charge is 0.305 e. The first-order valence-electron chi connectivity index (χ1n) is 25.6. The van der Waals surface area contributed by atoms with Gasteiger partial charge >= 0.3 is 35.8 Å². The van der Waals surface area contributed by atoms with Gasteiger partial charge in [-0.25, -0.2) is 0 Å². The van der Waals surface area contributed by atoms with Gasteiger partial charge in [0.25, 0.3) is 0 Å². The summed E-state index contributed by atoms with van der Waals surface area (Å²) in [6, 6.07) is 0. The summed E-state index contributed by atoms with van der Waals surface area (Å²) in [6.45, 7) is 6.05. The highest BCUT2D eigenvalue weighted by molar-refractivity contribution is 5.71. The number of hydrogen-bond acceptors (Lipinski definition) is 13. The average molecular weight is 935 g/mol. The van der Waals surface area contributed by atoms with Crippen LogP contribution in [0.15, 0.2) is 36.5 Å². The van der Waals surface area contributed by atoms with Crippen molar-refractivity contribution in [2.45, 2.75) is 213 Å². The van der Waals surface area contributed by atoms with E-state index >= 15 is 0 Å². The molecule has 0 bridgehead atoms. The molecule has 0 aromatic heterocycles. The van der Waals surface area contributed by atoms with Gasteiger partial charge in [-0.3, -0.25) is 28.8 Å².